The van der Waals surface area contributed by atoms with E-state index in [2.05, 4.69) is 25.6 Å². The van der Waals surface area contributed by atoms with Gasteiger partial charge >= 0.3 is 0 Å². The minimum atomic E-state index is 0.201. The molecule has 0 amide bonds. The Morgan fingerprint density at radius 3 is 2.62 bits per heavy atom. The second-order valence-electron chi connectivity index (χ2n) is 4.07. The van der Waals surface area contributed by atoms with E-state index >= 15 is 0 Å². The average molecular weight is 218 g/mol. The maximum atomic E-state index is 5.81. The van der Waals surface area contributed by atoms with E-state index in [9.17, 15) is 0 Å². The van der Waals surface area contributed by atoms with Gasteiger partial charge in [0, 0.05) is 0 Å². The van der Waals surface area contributed by atoms with Crippen LogP contribution in [0.5, 0.6) is 0 Å². The van der Waals surface area contributed by atoms with Crippen molar-refractivity contribution in [2.75, 3.05) is 0 Å². The molecule has 0 saturated carbocycles. The Balaban J connectivity index is 2.26. The Hall–Kier alpha value is -1.08. The van der Waals surface area contributed by atoms with E-state index < -0.39 is 0 Å². The summed E-state index contributed by atoms with van der Waals surface area (Å²) < 4.78 is 5.81. The van der Waals surface area contributed by atoms with Crippen LogP contribution < -0.4 is 0 Å². The predicted molar refractivity (Wildman–Crippen MR) is 69.4 cm³/mol. The molecule has 1 atom stereocenters. The molecule has 0 saturated heterocycles. The lowest BCUT2D eigenvalue weighted by molar-refractivity contribution is 0.0650. The Kier molecular flexibility index (Phi) is 6.59. The van der Waals surface area contributed by atoms with Crippen LogP contribution >= 0.6 is 0 Å². The molecule has 1 aromatic carbocycles. The van der Waals surface area contributed by atoms with Crippen LogP contribution in [0.25, 0.3) is 0 Å². The number of unbranched alkanes of at least 4 members (excludes halogenated alkanes) is 2. The summed E-state index contributed by atoms with van der Waals surface area (Å²) in [5.74, 6) is 0. The van der Waals surface area contributed by atoms with Crippen molar-refractivity contribution in [2.45, 2.75) is 45.3 Å². The van der Waals surface area contributed by atoms with Crippen LogP contribution in [-0.4, -0.2) is 6.10 Å². The lowest BCUT2D eigenvalue weighted by Crippen LogP contribution is -2.09. The SMILES string of the molecule is C=C[C@H](CCCCC)OCc1ccccc1. The van der Waals surface area contributed by atoms with Gasteiger partial charge in [0.1, 0.15) is 0 Å². The van der Waals surface area contributed by atoms with Crippen LogP contribution in [0.3, 0.4) is 0 Å². The molecule has 0 aliphatic carbocycles. The highest BCUT2D eigenvalue weighted by Crippen LogP contribution is 2.10. The third-order valence-corrected chi connectivity index (χ3v) is 2.66. The molecule has 0 heterocycles. The largest absolute Gasteiger partial charge is 0.369 e. The Bertz CT molecular complexity index is 279. The molecule has 16 heavy (non-hydrogen) atoms. The molecule has 88 valence electrons. The number of rotatable bonds is 8. The van der Waals surface area contributed by atoms with Crippen LogP contribution in [0.2, 0.25) is 0 Å². The molecule has 1 rings (SSSR count). The van der Waals surface area contributed by atoms with Crippen LogP contribution in [0, 0.1) is 0 Å². The van der Waals surface area contributed by atoms with Crippen molar-refractivity contribution in [2.24, 2.45) is 0 Å². The van der Waals surface area contributed by atoms with Gasteiger partial charge in [-0.15, -0.1) is 6.58 Å². The zero-order valence-corrected chi connectivity index (χ0v) is 10.2. The highest BCUT2D eigenvalue weighted by molar-refractivity contribution is 5.13. The van der Waals surface area contributed by atoms with Crippen LogP contribution in [0.1, 0.15) is 38.2 Å². The topological polar surface area (TPSA) is 9.23 Å². The summed E-state index contributed by atoms with van der Waals surface area (Å²) in [5, 5.41) is 0. The molecule has 0 aliphatic heterocycles. The molecule has 0 fully saturated rings. The number of hydrogen-bond acceptors (Lipinski definition) is 1. The molecule has 0 radical (unpaired) electrons. The lowest BCUT2D eigenvalue weighted by Gasteiger charge is -2.13. The quantitative estimate of drug-likeness (QED) is 0.466. The molecule has 0 aliphatic rings. The third-order valence-electron chi connectivity index (χ3n) is 2.66. The summed E-state index contributed by atoms with van der Waals surface area (Å²) in [6.07, 6.45) is 6.96. The minimum Gasteiger partial charge on any atom is -0.369 e. The smallest absolute Gasteiger partial charge is 0.0757 e. The molecule has 0 N–H and O–H groups in total. The summed E-state index contributed by atoms with van der Waals surface area (Å²) in [6, 6.07) is 10.3. The van der Waals surface area contributed by atoms with Crippen molar-refractivity contribution in [3.8, 4) is 0 Å². The lowest BCUT2D eigenvalue weighted by atomic mass is 10.1. The van der Waals surface area contributed by atoms with Crippen LogP contribution in [0.15, 0.2) is 43.0 Å². The van der Waals surface area contributed by atoms with E-state index in [4.69, 9.17) is 4.74 Å². The van der Waals surface area contributed by atoms with E-state index in [0.29, 0.717) is 6.61 Å². The Labute approximate surface area is 99.1 Å². The van der Waals surface area contributed by atoms with Gasteiger partial charge in [0.25, 0.3) is 0 Å². The minimum absolute atomic E-state index is 0.201. The molecule has 1 aromatic rings. The van der Waals surface area contributed by atoms with Crippen LogP contribution in [-0.2, 0) is 11.3 Å². The number of ether oxygens (including phenoxy) is 1. The molecular formula is C15H22O. The third kappa shape index (κ3) is 5.13. The van der Waals surface area contributed by atoms with Gasteiger partial charge in [0.2, 0.25) is 0 Å². The fourth-order valence-electron chi connectivity index (χ4n) is 1.64. The summed E-state index contributed by atoms with van der Waals surface area (Å²) >= 11 is 0. The van der Waals surface area contributed by atoms with Crippen molar-refractivity contribution >= 4 is 0 Å². The van der Waals surface area contributed by atoms with Gasteiger partial charge in [-0.1, -0.05) is 62.6 Å². The van der Waals surface area contributed by atoms with Gasteiger partial charge in [0.15, 0.2) is 0 Å². The van der Waals surface area contributed by atoms with Gasteiger partial charge in [-0.2, -0.15) is 0 Å². The molecule has 0 aromatic heterocycles. The van der Waals surface area contributed by atoms with Crippen molar-refractivity contribution in [1.82, 2.24) is 0 Å². The number of hydrogen-bond donors (Lipinski definition) is 0. The van der Waals surface area contributed by atoms with Gasteiger partial charge < -0.3 is 4.74 Å². The first-order valence-electron chi connectivity index (χ1n) is 6.15. The van der Waals surface area contributed by atoms with Gasteiger partial charge in [-0.05, 0) is 12.0 Å². The summed E-state index contributed by atoms with van der Waals surface area (Å²) in [7, 11) is 0. The first-order valence-corrected chi connectivity index (χ1v) is 6.15. The normalized spacial score (nSPS) is 12.3. The zero-order valence-electron chi connectivity index (χ0n) is 10.2. The molecule has 1 heteroatoms. The van der Waals surface area contributed by atoms with Crippen molar-refractivity contribution in [3.63, 3.8) is 0 Å². The van der Waals surface area contributed by atoms with E-state index in [1.165, 1.54) is 24.8 Å². The first-order chi connectivity index (χ1) is 7.86. The van der Waals surface area contributed by atoms with E-state index in [0.717, 1.165) is 6.42 Å². The Morgan fingerprint density at radius 1 is 1.25 bits per heavy atom. The zero-order chi connectivity index (χ0) is 11.6. The van der Waals surface area contributed by atoms with Gasteiger partial charge in [-0.3, -0.25) is 0 Å². The molecule has 0 spiro atoms. The highest BCUT2D eigenvalue weighted by Gasteiger charge is 2.03. The van der Waals surface area contributed by atoms with E-state index in [1.54, 1.807) is 0 Å². The fraction of sp³-hybridized carbons (Fsp3) is 0.467. The summed E-state index contributed by atoms with van der Waals surface area (Å²) in [5.41, 5.74) is 1.23. The fourth-order valence-corrected chi connectivity index (χ4v) is 1.64. The molecule has 0 bridgehead atoms. The molecule has 1 nitrogen and oxygen atoms in total. The van der Waals surface area contributed by atoms with Crippen molar-refractivity contribution in [1.29, 1.82) is 0 Å². The maximum Gasteiger partial charge on any atom is 0.0757 e. The second kappa shape index (κ2) is 8.12. The van der Waals surface area contributed by atoms with E-state index in [1.807, 2.05) is 24.3 Å². The van der Waals surface area contributed by atoms with Gasteiger partial charge in [0.05, 0.1) is 12.7 Å². The summed E-state index contributed by atoms with van der Waals surface area (Å²) in [6.45, 7) is 6.73. The maximum absolute atomic E-state index is 5.81. The van der Waals surface area contributed by atoms with Crippen molar-refractivity contribution < 1.29 is 4.74 Å². The summed E-state index contributed by atoms with van der Waals surface area (Å²) in [4.78, 5) is 0. The predicted octanol–water partition coefficient (Wildman–Crippen LogP) is 4.34. The highest BCUT2D eigenvalue weighted by atomic mass is 16.5. The molecular weight excluding hydrogens is 196 g/mol. The van der Waals surface area contributed by atoms with Crippen molar-refractivity contribution in [3.05, 3.63) is 48.6 Å². The molecule has 0 unspecified atom stereocenters. The van der Waals surface area contributed by atoms with E-state index in [-0.39, 0.29) is 6.10 Å². The standard InChI is InChI=1S/C15H22O/c1-3-5-7-12-15(4-2)16-13-14-10-8-6-9-11-14/h4,6,8-11,15H,2-3,5,7,12-13H2,1H3/t15-/m1/s1. The van der Waals surface area contributed by atoms with Crippen LogP contribution in [0.4, 0.5) is 0 Å². The monoisotopic (exact) mass is 218 g/mol. The Morgan fingerprint density at radius 2 is 2.00 bits per heavy atom. The second-order valence-corrected chi connectivity index (χ2v) is 4.07. The van der Waals surface area contributed by atoms with Gasteiger partial charge in [-0.25, -0.2) is 0 Å². The number of benzene rings is 1. The first kappa shape index (κ1) is 13.0. The average Bonchev–Trinajstić information content (AvgIpc) is 2.35.